The lowest BCUT2D eigenvalue weighted by atomic mass is 10.0. The number of hydrogen-bond donors (Lipinski definition) is 0. The number of benzene rings is 2. The molecule has 2 aromatic carbocycles. The Morgan fingerprint density at radius 3 is 1.90 bits per heavy atom. The number of piperazine rings is 1. The Morgan fingerprint density at radius 2 is 1.36 bits per heavy atom. The number of carbonyl (C=O) groups is 1. The van der Waals surface area contributed by atoms with Gasteiger partial charge in [0.15, 0.2) is 5.78 Å². The van der Waals surface area contributed by atoms with Crippen LogP contribution < -0.4 is 9.80 Å². The summed E-state index contributed by atoms with van der Waals surface area (Å²) in [6.07, 6.45) is 2.84. The minimum atomic E-state index is -9.67. The molecule has 0 radical (unpaired) electrons. The third-order valence-corrected chi connectivity index (χ3v) is 8.25. The molecule has 0 atom stereocenters. The number of rotatable bonds is 7. The second kappa shape index (κ2) is 8.97. The Balaban J connectivity index is 1.17. The monoisotopic (exact) mass is 564 g/mol. The van der Waals surface area contributed by atoms with E-state index < -0.39 is 15.1 Å². The van der Waals surface area contributed by atoms with E-state index in [2.05, 4.69) is 9.88 Å². The number of pyridine rings is 1. The first-order chi connectivity index (χ1) is 18.2. The number of aromatic nitrogens is 2. The summed E-state index contributed by atoms with van der Waals surface area (Å²) in [6, 6.07) is 15.0. The van der Waals surface area contributed by atoms with E-state index >= 15 is 0 Å². The van der Waals surface area contributed by atoms with Crippen molar-refractivity contribution in [3.63, 3.8) is 0 Å². The lowest BCUT2D eigenvalue weighted by Crippen LogP contribution is -2.46. The number of carbonyl (C=O) groups excluding carboxylic acids is 1. The molecule has 0 unspecified atom stereocenters. The zero-order chi connectivity index (χ0) is 28.1. The lowest BCUT2D eigenvalue weighted by Gasteiger charge is -2.41. The van der Waals surface area contributed by atoms with Gasteiger partial charge < -0.3 is 9.80 Å². The van der Waals surface area contributed by atoms with Gasteiger partial charge in [-0.05, 0) is 79.9 Å². The SMILES string of the molecule is Cc1ccn2c(C(=O)CCc3ccc(N4CCN(c5ccc(S(F)(F)(F)(F)F)cc5)CC4)cc3)c(C)nc2c1. The first-order valence-electron chi connectivity index (χ1n) is 12.6. The molecule has 0 saturated carbocycles. The molecule has 1 fully saturated rings. The fourth-order valence-corrected chi connectivity index (χ4v) is 5.64. The Morgan fingerprint density at radius 1 is 0.821 bits per heavy atom. The van der Waals surface area contributed by atoms with Crippen LogP contribution in [0.5, 0.6) is 0 Å². The summed E-state index contributed by atoms with van der Waals surface area (Å²) in [7, 11) is -9.67. The number of fused-ring (bicyclic) bond motifs is 1. The fraction of sp³-hybridized carbons (Fsp3) is 0.286. The highest BCUT2D eigenvalue weighted by Gasteiger charge is 2.65. The van der Waals surface area contributed by atoms with E-state index in [4.69, 9.17) is 0 Å². The average Bonchev–Trinajstić information content (AvgIpc) is 3.21. The van der Waals surface area contributed by atoms with Crippen molar-refractivity contribution in [3.05, 3.63) is 89.4 Å². The number of ketones is 1. The van der Waals surface area contributed by atoms with Gasteiger partial charge in [-0.3, -0.25) is 9.20 Å². The Hall–Kier alpha value is -3.60. The Kier molecular flexibility index (Phi) is 6.21. The molecular formula is C28H29F5N4OS. The van der Waals surface area contributed by atoms with Gasteiger partial charge in [0.05, 0.1) is 5.69 Å². The molecule has 1 aliphatic heterocycles. The fourth-order valence-electron chi connectivity index (χ4n) is 4.99. The molecule has 11 heteroatoms. The zero-order valence-electron chi connectivity index (χ0n) is 21.6. The maximum atomic E-state index is 13.0. The Bertz CT molecular complexity index is 1530. The van der Waals surface area contributed by atoms with Gasteiger partial charge in [-0.2, -0.15) is 0 Å². The van der Waals surface area contributed by atoms with Crippen LogP contribution in [0.1, 0.15) is 33.7 Å². The molecule has 0 aliphatic carbocycles. The van der Waals surface area contributed by atoms with Gasteiger partial charge in [0.2, 0.25) is 0 Å². The van der Waals surface area contributed by atoms with E-state index in [-0.39, 0.29) is 5.78 Å². The molecule has 208 valence electrons. The second-order valence-corrected chi connectivity index (χ2v) is 12.4. The van der Waals surface area contributed by atoms with E-state index in [9.17, 15) is 24.2 Å². The average molecular weight is 565 g/mol. The van der Waals surface area contributed by atoms with Gasteiger partial charge in [-0.15, -0.1) is 0 Å². The number of hydrogen-bond acceptors (Lipinski definition) is 4. The molecule has 3 heterocycles. The summed E-state index contributed by atoms with van der Waals surface area (Å²) in [6.45, 7) is 6.19. The van der Waals surface area contributed by atoms with Gasteiger partial charge in [-0.1, -0.05) is 31.6 Å². The summed E-state index contributed by atoms with van der Waals surface area (Å²) >= 11 is 0. The molecule has 0 N–H and O–H groups in total. The van der Waals surface area contributed by atoms with Gasteiger partial charge in [0.1, 0.15) is 16.2 Å². The van der Waals surface area contributed by atoms with Crippen LogP contribution in [0.3, 0.4) is 0 Å². The van der Waals surface area contributed by atoms with Crippen molar-refractivity contribution < 1.29 is 24.2 Å². The zero-order valence-corrected chi connectivity index (χ0v) is 22.4. The summed E-state index contributed by atoms with van der Waals surface area (Å²) in [4.78, 5) is 19.7. The largest absolute Gasteiger partial charge is 0.368 e. The van der Waals surface area contributed by atoms with Crippen LogP contribution in [0.15, 0.2) is 71.8 Å². The smallest absolute Gasteiger partial charge is 0.310 e. The van der Waals surface area contributed by atoms with E-state index in [1.165, 1.54) is 0 Å². The summed E-state index contributed by atoms with van der Waals surface area (Å²) in [5.41, 5.74) is 5.71. The number of nitrogens with zero attached hydrogens (tertiary/aromatic N) is 4. The van der Waals surface area contributed by atoms with Crippen molar-refractivity contribution >= 4 is 33.0 Å². The van der Waals surface area contributed by atoms with Crippen LogP contribution in [0.4, 0.5) is 30.8 Å². The molecule has 2 aromatic heterocycles. The molecule has 0 spiro atoms. The number of anilines is 2. The maximum Gasteiger partial charge on any atom is 0.310 e. The first kappa shape index (κ1) is 27.0. The Labute approximate surface area is 223 Å². The van der Waals surface area contributed by atoms with E-state index in [1.807, 2.05) is 65.7 Å². The highest BCUT2D eigenvalue weighted by atomic mass is 32.5. The van der Waals surface area contributed by atoms with Gasteiger partial charge >= 0.3 is 10.2 Å². The highest BCUT2D eigenvalue weighted by molar-refractivity contribution is 8.45. The number of imidazole rings is 1. The molecule has 0 amide bonds. The summed E-state index contributed by atoms with van der Waals surface area (Å²) < 4.78 is 66.8. The van der Waals surface area contributed by atoms with E-state index in [0.29, 0.717) is 62.5 Å². The predicted octanol–water partition coefficient (Wildman–Crippen LogP) is 7.75. The number of halogens is 5. The maximum absolute atomic E-state index is 13.0. The minimum absolute atomic E-state index is 0.0395. The third kappa shape index (κ3) is 5.88. The number of aryl methyl sites for hydroxylation is 3. The highest BCUT2D eigenvalue weighted by Crippen LogP contribution is 3.02. The van der Waals surface area contributed by atoms with Crippen LogP contribution in [0.2, 0.25) is 0 Å². The molecular weight excluding hydrogens is 535 g/mol. The minimum Gasteiger partial charge on any atom is -0.368 e. The summed E-state index contributed by atoms with van der Waals surface area (Å²) in [5.74, 6) is 0.0395. The third-order valence-electron chi connectivity index (χ3n) is 7.09. The standard InChI is InChI=1S/C28H29F5N4OS/c1-20-13-14-37-27(19-20)34-21(2)28(37)26(38)12-5-22-3-6-23(7-4-22)35-15-17-36(18-16-35)24-8-10-25(11-9-24)39(29,30,31,32)33/h3-4,6-11,13-14,19H,5,12,15-18H2,1-2H3. The van der Waals surface area contributed by atoms with Crippen molar-refractivity contribution in [2.75, 3.05) is 36.0 Å². The van der Waals surface area contributed by atoms with Crippen LogP contribution in [0, 0.1) is 13.8 Å². The van der Waals surface area contributed by atoms with Gasteiger partial charge in [0, 0.05) is 50.2 Å². The van der Waals surface area contributed by atoms with E-state index in [1.54, 1.807) is 0 Å². The molecule has 0 bridgehead atoms. The summed E-state index contributed by atoms with van der Waals surface area (Å²) in [5, 5.41) is 0. The van der Waals surface area contributed by atoms with Crippen LogP contribution in [0.25, 0.3) is 5.65 Å². The van der Waals surface area contributed by atoms with Crippen molar-refractivity contribution in [3.8, 4) is 0 Å². The molecule has 1 saturated heterocycles. The lowest BCUT2D eigenvalue weighted by molar-refractivity contribution is 0.0976. The molecule has 4 aromatic rings. The molecule has 5 nitrogen and oxygen atoms in total. The van der Waals surface area contributed by atoms with Crippen molar-refractivity contribution in [2.24, 2.45) is 0 Å². The van der Waals surface area contributed by atoms with Crippen LogP contribution >= 0.6 is 10.2 Å². The molecule has 5 rings (SSSR count). The van der Waals surface area contributed by atoms with Crippen molar-refractivity contribution in [2.45, 2.75) is 31.6 Å². The quantitative estimate of drug-likeness (QED) is 0.170. The number of Topliss-reactive ketones (excluding diaryl/α,β-unsaturated/α-hetero) is 1. The van der Waals surface area contributed by atoms with E-state index in [0.717, 1.165) is 40.3 Å². The molecule has 1 aliphatic rings. The van der Waals surface area contributed by atoms with Crippen molar-refractivity contribution in [1.29, 1.82) is 0 Å². The van der Waals surface area contributed by atoms with Crippen LogP contribution in [-0.4, -0.2) is 41.3 Å². The second-order valence-electron chi connectivity index (χ2n) is 10.0. The van der Waals surface area contributed by atoms with Crippen LogP contribution in [-0.2, 0) is 6.42 Å². The first-order valence-corrected chi connectivity index (χ1v) is 14.5. The van der Waals surface area contributed by atoms with Crippen molar-refractivity contribution in [1.82, 2.24) is 9.38 Å². The normalized spacial score (nSPS) is 16.3. The van der Waals surface area contributed by atoms with Gasteiger partial charge in [0.25, 0.3) is 0 Å². The molecule has 39 heavy (non-hydrogen) atoms. The topological polar surface area (TPSA) is 40.9 Å². The predicted molar refractivity (Wildman–Crippen MR) is 146 cm³/mol. The van der Waals surface area contributed by atoms with Gasteiger partial charge in [-0.25, -0.2) is 4.98 Å².